The van der Waals surface area contributed by atoms with Crippen molar-refractivity contribution in [1.29, 1.82) is 0 Å². The van der Waals surface area contributed by atoms with E-state index in [1.165, 1.54) is 35.8 Å². The third kappa shape index (κ3) is 1.47. The number of benzene rings is 2. The molecule has 1 nitrogen and oxygen atoms in total. The molecule has 0 fully saturated rings. The van der Waals surface area contributed by atoms with Crippen LogP contribution >= 0.6 is 0 Å². The predicted octanol–water partition coefficient (Wildman–Crippen LogP) is 3.81. The SMILES string of the molecule is Oc1cc2c(c3ccccc13)CCCCC2. The lowest BCUT2D eigenvalue weighted by Gasteiger charge is -2.11. The van der Waals surface area contributed by atoms with E-state index in [2.05, 4.69) is 12.1 Å². The molecule has 0 saturated carbocycles. The number of phenolic OH excluding ortho intramolecular Hbond substituents is 1. The number of aromatic hydroxyl groups is 1. The molecule has 1 aliphatic rings. The fraction of sp³-hybridized carbons (Fsp3) is 0.333. The third-order valence-corrected chi connectivity index (χ3v) is 3.60. The van der Waals surface area contributed by atoms with Crippen molar-refractivity contribution in [1.82, 2.24) is 0 Å². The molecule has 0 amide bonds. The maximum Gasteiger partial charge on any atom is 0.123 e. The Kier molecular flexibility index (Phi) is 2.32. The highest BCUT2D eigenvalue weighted by Gasteiger charge is 2.13. The first-order valence-electron chi connectivity index (χ1n) is 6.09. The number of phenols is 1. The minimum absolute atomic E-state index is 0.441. The van der Waals surface area contributed by atoms with Gasteiger partial charge < -0.3 is 5.11 Å². The van der Waals surface area contributed by atoms with Crippen molar-refractivity contribution in [3.63, 3.8) is 0 Å². The van der Waals surface area contributed by atoms with E-state index >= 15 is 0 Å². The number of aryl methyl sites for hydroxylation is 2. The molecule has 0 heterocycles. The number of hydrogen-bond acceptors (Lipinski definition) is 1. The van der Waals surface area contributed by atoms with Crippen LogP contribution in [0.2, 0.25) is 0 Å². The molecule has 0 radical (unpaired) electrons. The van der Waals surface area contributed by atoms with Gasteiger partial charge in [-0.15, -0.1) is 0 Å². The maximum atomic E-state index is 10.0. The zero-order valence-electron chi connectivity index (χ0n) is 9.37. The van der Waals surface area contributed by atoms with Crippen molar-refractivity contribution in [3.05, 3.63) is 41.5 Å². The van der Waals surface area contributed by atoms with E-state index in [9.17, 15) is 5.11 Å². The Balaban J connectivity index is 2.32. The molecule has 2 aromatic carbocycles. The zero-order valence-corrected chi connectivity index (χ0v) is 9.37. The van der Waals surface area contributed by atoms with Crippen molar-refractivity contribution in [3.8, 4) is 5.75 Å². The standard InChI is InChI=1S/C15H16O/c16-15-10-11-6-2-1-3-7-12(11)13-8-4-5-9-14(13)15/h4-5,8-10,16H,1-3,6-7H2. The van der Waals surface area contributed by atoms with Crippen molar-refractivity contribution in [2.24, 2.45) is 0 Å². The van der Waals surface area contributed by atoms with E-state index in [1.54, 1.807) is 0 Å². The number of hydrogen-bond donors (Lipinski definition) is 1. The minimum atomic E-state index is 0.441. The fourth-order valence-corrected chi connectivity index (χ4v) is 2.78. The normalized spacial score (nSPS) is 15.8. The van der Waals surface area contributed by atoms with Gasteiger partial charge in [0.15, 0.2) is 0 Å². The Morgan fingerprint density at radius 1 is 0.875 bits per heavy atom. The second-order valence-corrected chi connectivity index (χ2v) is 4.64. The number of fused-ring (bicyclic) bond motifs is 3. The zero-order chi connectivity index (χ0) is 11.0. The van der Waals surface area contributed by atoms with Gasteiger partial charge in [0.25, 0.3) is 0 Å². The van der Waals surface area contributed by atoms with Gasteiger partial charge in [-0.05, 0) is 48.3 Å². The summed E-state index contributed by atoms with van der Waals surface area (Å²) in [6.07, 6.45) is 6.13. The van der Waals surface area contributed by atoms with Gasteiger partial charge in [0, 0.05) is 5.39 Å². The van der Waals surface area contributed by atoms with Gasteiger partial charge in [-0.2, -0.15) is 0 Å². The lowest BCUT2D eigenvalue weighted by Crippen LogP contribution is -1.93. The molecule has 0 bridgehead atoms. The van der Waals surface area contributed by atoms with E-state index in [0.717, 1.165) is 18.2 Å². The van der Waals surface area contributed by atoms with Crippen LogP contribution < -0.4 is 0 Å². The highest BCUT2D eigenvalue weighted by Crippen LogP contribution is 2.34. The van der Waals surface area contributed by atoms with Gasteiger partial charge in [-0.3, -0.25) is 0 Å². The van der Waals surface area contributed by atoms with Crippen LogP contribution in [0.4, 0.5) is 0 Å². The Labute approximate surface area is 95.7 Å². The molecule has 0 aromatic heterocycles. The average molecular weight is 212 g/mol. The summed E-state index contributed by atoms with van der Waals surface area (Å²) >= 11 is 0. The van der Waals surface area contributed by atoms with Gasteiger partial charge >= 0.3 is 0 Å². The molecule has 0 spiro atoms. The smallest absolute Gasteiger partial charge is 0.123 e. The second-order valence-electron chi connectivity index (χ2n) is 4.64. The molecule has 0 unspecified atom stereocenters. The monoisotopic (exact) mass is 212 g/mol. The van der Waals surface area contributed by atoms with Crippen LogP contribution in [0.5, 0.6) is 5.75 Å². The van der Waals surface area contributed by atoms with Gasteiger partial charge in [0.05, 0.1) is 0 Å². The van der Waals surface area contributed by atoms with E-state index in [0.29, 0.717) is 5.75 Å². The van der Waals surface area contributed by atoms with E-state index in [-0.39, 0.29) is 0 Å². The van der Waals surface area contributed by atoms with Gasteiger partial charge in [0.2, 0.25) is 0 Å². The van der Waals surface area contributed by atoms with E-state index in [4.69, 9.17) is 0 Å². The molecule has 82 valence electrons. The molecule has 0 saturated heterocycles. The van der Waals surface area contributed by atoms with Gasteiger partial charge in [-0.1, -0.05) is 30.7 Å². The van der Waals surface area contributed by atoms with E-state index in [1.807, 2.05) is 18.2 Å². The Morgan fingerprint density at radius 2 is 1.62 bits per heavy atom. The largest absolute Gasteiger partial charge is 0.507 e. The number of rotatable bonds is 0. The van der Waals surface area contributed by atoms with Crippen LogP contribution in [-0.4, -0.2) is 5.11 Å². The van der Waals surface area contributed by atoms with Crippen LogP contribution in [0.25, 0.3) is 10.8 Å². The second kappa shape index (κ2) is 3.82. The first kappa shape index (κ1) is 9.71. The fourth-order valence-electron chi connectivity index (χ4n) is 2.78. The van der Waals surface area contributed by atoms with Crippen LogP contribution in [0, 0.1) is 0 Å². The molecule has 0 atom stereocenters. The van der Waals surface area contributed by atoms with E-state index < -0.39 is 0 Å². The Hall–Kier alpha value is -1.50. The summed E-state index contributed by atoms with van der Waals surface area (Å²) in [7, 11) is 0. The molecule has 2 aromatic rings. The quantitative estimate of drug-likeness (QED) is 0.658. The summed E-state index contributed by atoms with van der Waals surface area (Å²) in [5.74, 6) is 0.441. The van der Waals surface area contributed by atoms with Crippen LogP contribution in [0.1, 0.15) is 30.4 Å². The third-order valence-electron chi connectivity index (χ3n) is 3.60. The highest BCUT2D eigenvalue weighted by molar-refractivity contribution is 5.91. The Morgan fingerprint density at radius 3 is 2.50 bits per heavy atom. The molecule has 1 aliphatic carbocycles. The van der Waals surface area contributed by atoms with Gasteiger partial charge in [0.1, 0.15) is 5.75 Å². The van der Waals surface area contributed by atoms with Crippen LogP contribution in [-0.2, 0) is 12.8 Å². The summed E-state index contributed by atoms with van der Waals surface area (Å²) in [6, 6.07) is 10.2. The molecular formula is C15H16O. The van der Waals surface area contributed by atoms with Crippen LogP contribution in [0.15, 0.2) is 30.3 Å². The summed E-state index contributed by atoms with van der Waals surface area (Å²) in [5, 5.41) is 12.3. The summed E-state index contributed by atoms with van der Waals surface area (Å²) in [4.78, 5) is 0. The molecular weight excluding hydrogens is 196 g/mol. The molecule has 3 rings (SSSR count). The summed E-state index contributed by atoms with van der Waals surface area (Å²) in [6.45, 7) is 0. The van der Waals surface area contributed by atoms with Crippen LogP contribution in [0.3, 0.4) is 0 Å². The van der Waals surface area contributed by atoms with Gasteiger partial charge in [-0.25, -0.2) is 0 Å². The first-order chi connectivity index (χ1) is 7.86. The first-order valence-corrected chi connectivity index (χ1v) is 6.09. The summed E-state index contributed by atoms with van der Waals surface area (Å²) < 4.78 is 0. The predicted molar refractivity (Wildman–Crippen MR) is 66.9 cm³/mol. The minimum Gasteiger partial charge on any atom is -0.507 e. The highest BCUT2D eigenvalue weighted by atomic mass is 16.3. The van der Waals surface area contributed by atoms with Crippen molar-refractivity contribution < 1.29 is 5.11 Å². The molecule has 1 N–H and O–H groups in total. The topological polar surface area (TPSA) is 20.2 Å². The van der Waals surface area contributed by atoms with Crippen molar-refractivity contribution >= 4 is 10.8 Å². The molecule has 1 heteroatoms. The van der Waals surface area contributed by atoms with Crippen molar-refractivity contribution in [2.45, 2.75) is 32.1 Å². The molecule has 16 heavy (non-hydrogen) atoms. The summed E-state index contributed by atoms with van der Waals surface area (Å²) in [5.41, 5.74) is 2.82. The lowest BCUT2D eigenvalue weighted by molar-refractivity contribution is 0.480. The van der Waals surface area contributed by atoms with Crippen molar-refractivity contribution in [2.75, 3.05) is 0 Å². The average Bonchev–Trinajstić information content (AvgIpc) is 2.55. The Bertz CT molecular complexity index is 528. The maximum absolute atomic E-state index is 10.0. The molecule has 0 aliphatic heterocycles. The lowest BCUT2D eigenvalue weighted by atomic mass is 9.95.